The number of ether oxygens (including phenoxy) is 1. The minimum absolute atomic E-state index is 0.0376. The number of nitrogens with one attached hydrogen (secondary N) is 1. The molecular formula is C17H20N2O4S. The third kappa shape index (κ3) is 5.07. The highest BCUT2D eigenvalue weighted by Crippen LogP contribution is 2.16. The van der Waals surface area contributed by atoms with Crippen molar-refractivity contribution >= 4 is 15.9 Å². The summed E-state index contributed by atoms with van der Waals surface area (Å²) in [5.74, 6) is 0.384. The van der Waals surface area contributed by atoms with E-state index in [4.69, 9.17) is 9.88 Å². The Morgan fingerprint density at radius 3 is 2.33 bits per heavy atom. The predicted molar refractivity (Wildman–Crippen MR) is 91.1 cm³/mol. The van der Waals surface area contributed by atoms with E-state index in [0.717, 1.165) is 16.7 Å². The molecule has 0 aliphatic carbocycles. The van der Waals surface area contributed by atoms with Crippen LogP contribution in [0.3, 0.4) is 0 Å². The monoisotopic (exact) mass is 348 g/mol. The van der Waals surface area contributed by atoms with Crippen LogP contribution in [-0.4, -0.2) is 20.9 Å². The van der Waals surface area contributed by atoms with E-state index < -0.39 is 10.0 Å². The van der Waals surface area contributed by atoms with E-state index in [2.05, 4.69) is 5.32 Å². The predicted octanol–water partition coefficient (Wildman–Crippen LogP) is 1.65. The average Bonchev–Trinajstić information content (AvgIpc) is 2.53. The minimum atomic E-state index is -3.70. The van der Waals surface area contributed by atoms with Crippen molar-refractivity contribution in [3.05, 3.63) is 59.2 Å². The molecule has 128 valence electrons. The van der Waals surface area contributed by atoms with Crippen molar-refractivity contribution in [2.75, 3.05) is 6.61 Å². The van der Waals surface area contributed by atoms with Crippen LogP contribution in [-0.2, 0) is 21.4 Å². The summed E-state index contributed by atoms with van der Waals surface area (Å²) in [6.07, 6.45) is 0. The second-order valence-corrected chi connectivity index (χ2v) is 7.06. The van der Waals surface area contributed by atoms with Crippen LogP contribution in [0, 0.1) is 13.8 Å². The zero-order chi connectivity index (χ0) is 17.7. The summed E-state index contributed by atoms with van der Waals surface area (Å²) >= 11 is 0. The number of benzene rings is 2. The van der Waals surface area contributed by atoms with Crippen LogP contribution < -0.4 is 15.2 Å². The molecule has 2 rings (SSSR count). The number of aryl methyl sites for hydroxylation is 2. The van der Waals surface area contributed by atoms with Gasteiger partial charge in [0.25, 0.3) is 5.91 Å². The highest BCUT2D eigenvalue weighted by Gasteiger charge is 2.08. The number of hydrogen-bond acceptors (Lipinski definition) is 4. The van der Waals surface area contributed by atoms with Crippen LogP contribution in [0.2, 0.25) is 0 Å². The molecule has 0 unspecified atom stereocenters. The van der Waals surface area contributed by atoms with Crippen molar-refractivity contribution in [1.29, 1.82) is 0 Å². The molecule has 0 bridgehead atoms. The molecule has 0 fully saturated rings. The van der Waals surface area contributed by atoms with E-state index in [1.54, 1.807) is 12.1 Å². The van der Waals surface area contributed by atoms with Gasteiger partial charge in [0.05, 0.1) is 4.90 Å². The molecule has 0 heterocycles. The molecule has 24 heavy (non-hydrogen) atoms. The van der Waals surface area contributed by atoms with Crippen molar-refractivity contribution in [2.45, 2.75) is 25.3 Å². The number of amides is 1. The smallest absolute Gasteiger partial charge is 0.258 e. The van der Waals surface area contributed by atoms with Gasteiger partial charge in [-0.25, -0.2) is 13.6 Å². The Labute approximate surface area is 141 Å². The number of primary sulfonamides is 1. The molecule has 1 amide bonds. The second-order valence-electron chi connectivity index (χ2n) is 5.50. The third-order valence-corrected chi connectivity index (χ3v) is 4.52. The SMILES string of the molecule is Cc1ccc(OCC(=O)NCc2ccc(S(N)(=O)=O)cc2)cc1C. The molecule has 0 aromatic heterocycles. The van der Waals surface area contributed by atoms with Crippen molar-refractivity contribution in [1.82, 2.24) is 5.32 Å². The van der Waals surface area contributed by atoms with Crippen LogP contribution in [0.1, 0.15) is 16.7 Å². The van der Waals surface area contributed by atoms with Crippen LogP contribution in [0.5, 0.6) is 5.75 Å². The van der Waals surface area contributed by atoms with Crippen LogP contribution in [0.4, 0.5) is 0 Å². The van der Waals surface area contributed by atoms with Crippen molar-refractivity contribution in [2.24, 2.45) is 5.14 Å². The molecule has 2 aromatic carbocycles. The summed E-state index contributed by atoms with van der Waals surface area (Å²) in [5, 5.41) is 7.74. The standard InChI is InChI=1S/C17H20N2O4S/c1-12-3-6-15(9-13(12)2)23-11-17(20)19-10-14-4-7-16(8-5-14)24(18,21)22/h3-9H,10-11H2,1-2H3,(H,19,20)(H2,18,21,22). The van der Waals surface area contributed by atoms with Gasteiger partial charge in [-0.3, -0.25) is 4.79 Å². The van der Waals surface area contributed by atoms with Gasteiger partial charge in [0.1, 0.15) is 5.75 Å². The van der Waals surface area contributed by atoms with Gasteiger partial charge in [-0.15, -0.1) is 0 Å². The van der Waals surface area contributed by atoms with Gasteiger partial charge in [-0.05, 0) is 54.8 Å². The lowest BCUT2D eigenvalue weighted by Gasteiger charge is -2.09. The molecule has 6 nitrogen and oxygen atoms in total. The molecule has 0 saturated carbocycles. The average molecular weight is 348 g/mol. The topological polar surface area (TPSA) is 98.5 Å². The fourth-order valence-electron chi connectivity index (χ4n) is 2.00. The Morgan fingerprint density at radius 1 is 1.08 bits per heavy atom. The summed E-state index contributed by atoms with van der Waals surface area (Å²) in [5.41, 5.74) is 3.03. The largest absolute Gasteiger partial charge is 0.484 e. The fraction of sp³-hybridized carbons (Fsp3) is 0.235. The first-order valence-corrected chi connectivity index (χ1v) is 8.89. The first-order valence-electron chi connectivity index (χ1n) is 7.34. The van der Waals surface area contributed by atoms with E-state index in [1.165, 1.54) is 12.1 Å². The molecule has 0 radical (unpaired) electrons. The highest BCUT2D eigenvalue weighted by molar-refractivity contribution is 7.89. The van der Waals surface area contributed by atoms with E-state index >= 15 is 0 Å². The fourth-order valence-corrected chi connectivity index (χ4v) is 2.52. The molecule has 3 N–H and O–H groups in total. The zero-order valence-electron chi connectivity index (χ0n) is 13.6. The Bertz CT molecular complexity index is 830. The normalized spacial score (nSPS) is 11.1. The summed E-state index contributed by atoms with van der Waals surface area (Å²) in [6, 6.07) is 11.7. The van der Waals surface area contributed by atoms with Crippen LogP contribution in [0.15, 0.2) is 47.4 Å². The number of carbonyl (C=O) groups excluding carboxylic acids is 1. The molecule has 7 heteroatoms. The Hall–Kier alpha value is -2.38. The lowest BCUT2D eigenvalue weighted by Crippen LogP contribution is -2.28. The molecule has 2 aromatic rings. The van der Waals surface area contributed by atoms with Gasteiger partial charge in [-0.1, -0.05) is 18.2 Å². The van der Waals surface area contributed by atoms with Gasteiger partial charge in [0.2, 0.25) is 10.0 Å². The first-order chi connectivity index (χ1) is 11.3. The van der Waals surface area contributed by atoms with Crippen molar-refractivity contribution in [3.8, 4) is 5.75 Å². The lowest BCUT2D eigenvalue weighted by molar-refractivity contribution is -0.123. The number of hydrogen-bond donors (Lipinski definition) is 2. The van der Waals surface area contributed by atoms with E-state index in [9.17, 15) is 13.2 Å². The van der Waals surface area contributed by atoms with Crippen molar-refractivity contribution < 1.29 is 17.9 Å². The maximum absolute atomic E-state index is 11.8. The number of rotatable bonds is 6. The Kier molecular flexibility index (Phi) is 5.58. The molecule has 0 aliphatic heterocycles. The van der Waals surface area contributed by atoms with E-state index in [0.29, 0.717) is 5.75 Å². The van der Waals surface area contributed by atoms with Crippen LogP contribution >= 0.6 is 0 Å². The van der Waals surface area contributed by atoms with E-state index in [-0.39, 0.29) is 24.0 Å². The zero-order valence-corrected chi connectivity index (χ0v) is 14.4. The minimum Gasteiger partial charge on any atom is -0.484 e. The van der Waals surface area contributed by atoms with Crippen LogP contribution in [0.25, 0.3) is 0 Å². The summed E-state index contributed by atoms with van der Waals surface area (Å²) in [4.78, 5) is 11.9. The van der Waals surface area contributed by atoms with Crippen molar-refractivity contribution in [3.63, 3.8) is 0 Å². The molecule has 0 atom stereocenters. The molecule has 0 spiro atoms. The Morgan fingerprint density at radius 2 is 1.75 bits per heavy atom. The molecule has 0 saturated heterocycles. The second kappa shape index (κ2) is 7.46. The number of nitrogens with two attached hydrogens (primary N) is 1. The molecule has 0 aliphatic rings. The third-order valence-electron chi connectivity index (χ3n) is 3.59. The highest BCUT2D eigenvalue weighted by atomic mass is 32.2. The number of carbonyl (C=O) groups is 1. The Balaban J connectivity index is 1.83. The van der Waals surface area contributed by atoms with Gasteiger partial charge in [-0.2, -0.15) is 0 Å². The quantitative estimate of drug-likeness (QED) is 0.829. The summed E-state index contributed by atoms with van der Waals surface area (Å²) in [7, 11) is -3.70. The first kappa shape index (κ1) is 18.0. The van der Waals surface area contributed by atoms with Gasteiger partial charge < -0.3 is 10.1 Å². The lowest BCUT2D eigenvalue weighted by atomic mass is 10.1. The summed E-state index contributed by atoms with van der Waals surface area (Å²) < 4.78 is 27.8. The van der Waals surface area contributed by atoms with E-state index in [1.807, 2.05) is 32.0 Å². The summed E-state index contributed by atoms with van der Waals surface area (Å²) in [6.45, 7) is 4.18. The molecular weight excluding hydrogens is 328 g/mol. The number of sulfonamides is 1. The van der Waals surface area contributed by atoms with Gasteiger partial charge in [0, 0.05) is 6.54 Å². The van der Waals surface area contributed by atoms with Gasteiger partial charge >= 0.3 is 0 Å². The maximum atomic E-state index is 11.8. The maximum Gasteiger partial charge on any atom is 0.258 e. The van der Waals surface area contributed by atoms with Gasteiger partial charge in [0.15, 0.2) is 6.61 Å².